The highest BCUT2D eigenvalue weighted by molar-refractivity contribution is 6.11. The summed E-state index contributed by atoms with van der Waals surface area (Å²) in [6, 6.07) is 2.82. The molecule has 1 amide bonds. The van der Waals surface area contributed by atoms with Crippen LogP contribution in [0.1, 0.15) is 32.7 Å². The van der Waals surface area contributed by atoms with Gasteiger partial charge in [0.1, 0.15) is 23.0 Å². The van der Waals surface area contributed by atoms with E-state index in [2.05, 4.69) is 4.98 Å². The monoisotopic (exact) mass is 356 g/mol. The molecule has 1 aliphatic rings. The summed E-state index contributed by atoms with van der Waals surface area (Å²) >= 11 is 0. The summed E-state index contributed by atoms with van der Waals surface area (Å²) in [5.41, 5.74) is 14.9. The van der Waals surface area contributed by atoms with Crippen molar-refractivity contribution in [3.05, 3.63) is 45.9 Å². The van der Waals surface area contributed by atoms with Gasteiger partial charge < -0.3 is 21.3 Å². The Morgan fingerprint density at radius 1 is 1.31 bits per heavy atom. The largest absolute Gasteiger partial charge is 0.507 e. The number of pyridine rings is 1. The average Bonchev–Trinajstić information content (AvgIpc) is 3.13. The van der Waals surface area contributed by atoms with E-state index >= 15 is 0 Å². The number of aromatic nitrogens is 2. The first kappa shape index (κ1) is 16.3. The Kier molecular flexibility index (Phi) is 3.42. The fourth-order valence-electron chi connectivity index (χ4n) is 3.48. The molecule has 0 spiro atoms. The quantitative estimate of drug-likeness (QED) is 0.651. The third-order valence-electron chi connectivity index (χ3n) is 4.83. The van der Waals surface area contributed by atoms with E-state index in [4.69, 9.17) is 16.2 Å². The maximum Gasteiger partial charge on any atom is 0.253 e. The number of nitrogens with zero attached hydrogens (tertiary/aromatic N) is 2. The molecule has 1 aliphatic heterocycles. The summed E-state index contributed by atoms with van der Waals surface area (Å²) in [4.78, 5) is 16.6. The van der Waals surface area contributed by atoms with Gasteiger partial charge in [-0.3, -0.25) is 9.36 Å². The number of rotatable bonds is 2. The number of carbonyl (C=O) groups excluding carboxylic acids is 1. The van der Waals surface area contributed by atoms with E-state index in [9.17, 15) is 14.3 Å². The smallest absolute Gasteiger partial charge is 0.253 e. The van der Waals surface area contributed by atoms with Crippen molar-refractivity contribution in [2.45, 2.75) is 27.1 Å². The Bertz CT molecular complexity index is 1080. The number of hydrogen-bond acceptors (Lipinski definition) is 5. The molecular weight excluding hydrogens is 339 g/mol. The van der Waals surface area contributed by atoms with E-state index in [1.54, 1.807) is 19.9 Å². The van der Waals surface area contributed by atoms with Crippen molar-refractivity contribution in [1.82, 2.24) is 9.55 Å². The molecular formula is C18H17FN4O3. The zero-order chi connectivity index (χ0) is 18.7. The maximum atomic E-state index is 14.3. The number of phenolic OH excluding ortho intramolecular Hbond substituents is 1. The van der Waals surface area contributed by atoms with Gasteiger partial charge in [-0.25, -0.2) is 9.37 Å². The number of nitrogen functional groups attached to an aromatic ring is 1. The van der Waals surface area contributed by atoms with Crippen molar-refractivity contribution in [1.29, 1.82) is 0 Å². The third-order valence-corrected chi connectivity index (χ3v) is 4.83. The number of phenols is 1. The Hall–Kier alpha value is -3.13. The minimum atomic E-state index is -0.706. The number of hydrogen-bond donors (Lipinski definition) is 3. The number of anilines is 1. The highest BCUT2D eigenvalue weighted by Crippen LogP contribution is 2.37. The van der Waals surface area contributed by atoms with Crippen LogP contribution >= 0.6 is 0 Å². The third kappa shape index (κ3) is 2.08. The number of nitrogens with two attached hydrogens (primary N) is 2. The molecule has 4 rings (SSSR count). The first-order valence-corrected chi connectivity index (χ1v) is 8.00. The molecule has 3 aromatic rings. The van der Waals surface area contributed by atoms with Gasteiger partial charge in [0.05, 0.1) is 30.2 Å². The van der Waals surface area contributed by atoms with Crippen LogP contribution < -0.4 is 11.5 Å². The van der Waals surface area contributed by atoms with E-state index in [-0.39, 0.29) is 22.7 Å². The molecule has 0 bridgehead atoms. The standard InChI is InChI=1S/C18H17FN4O3/c1-7-11(19)4-13(24)8(2)15(7)23-16(20)14(17(21)25)10-3-9-5-26-6-12(9)22-18(10)23/h3-4,24H,5-6,20H2,1-2H3,(H2,21,25). The van der Waals surface area contributed by atoms with E-state index in [0.717, 1.165) is 17.3 Å². The van der Waals surface area contributed by atoms with Crippen molar-refractivity contribution in [2.24, 2.45) is 5.73 Å². The molecule has 26 heavy (non-hydrogen) atoms. The van der Waals surface area contributed by atoms with Crippen molar-refractivity contribution in [3.8, 4) is 11.4 Å². The van der Waals surface area contributed by atoms with Gasteiger partial charge >= 0.3 is 0 Å². The van der Waals surface area contributed by atoms with Gasteiger partial charge in [-0.2, -0.15) is 0 Å². The SMILES string of the molecule is Cc1c(O)cc(F)c(C)c1-n1c(N)c(C(N)=O)c2cc3c(nc21)COC3. The van der Waals surface area contributed by atoms with Crippen molar-refractivity contribution in [2.75, 3.05) is 5.73 Å². The highest BCUT2D eigenvalue weighted by atomic mass is 19.1. The zero-order valence-electron chi connectivity index (χ0n) is 14.3. The number of carbonyl (C=O) groups is 1. The van der Waals surface area contributed by atoms with Crippen LogP contribution in [0.15, 0.2) is 12.1 Å². The molecule has 0 radical (unpaired) electrons. The van der Waals surface area contributed by atoms with Crippen LogP contribution in [0.5, 0.6) is 5.75 Å². The minimum absolute atomic E-state index is 0.0563. The van der Waals surface area contributed by atoms with E-state index < -0.39 is 11.7 Å². The fourth-order valence-corrected chi connectivity index (χ4v) is 3.48. The number of ether oxygens (including phenoxy) is 1. The van der Waals surface area contributed by atoms with Crippen molar-refractivity contribution in [3.63, 3.8) is 0 Å². The summed E-state index contributed by atoms with van der Waals surface area (Å²) in [6.07, 6.45) is 0. The van der Waals surface area contributed by atoms with E-state index in [1.165, 1.54) is 4.57 Å². The van der Waals surface area contributed by atoms with Gasteiger partial charge in [0.25, 0.3) is 5.91 Å². The molecule has 134 valence electrons. The van der Waals surface area contributed by atoms with E-state index in [1.807, 2.05) is 0 Å². The summed E-state index contributed by atoms with van der Waals surface area (Å²) in [7, 11) is 0. The molecule has 7 nitrogen and oxygen atoms in total. The first-order chi connectivity index (χ1) is 12.3. The van der Waals surface area contributed by atoms with Gasteiger partial charge in [-0.1, -0.05) is 0 Å². The molecule has 8 heteroatoms. The van der Waals surface area contributed by atoms with E-state index in [0.29, 0.717) is 35.5 Å². The van der Waals surface area contributed by atoms with Crippen LogP contribution in [0.4, 0.5) is 10.2 Å². The lowest BCUT2D eigenvalue weighted by molar-refractivity contribution is 0.100. The molecule has 5 N–H and O–H groups in total. The van der Waals surface area contributed by atoms with Crippen LogP contribution in [0.25, 0.3) is 16.7 Å². The first-order valence-electron chi connectivity index (χ1n) is 8.00. The normalized spacial score (nSPS) is 13.3. The van der Waals surface area contributed by atoms with Crippen LogP contribution in [0.2, 0.25) is 0 Å². The topological polar surface area (TPSA) is 116 Å². The van der Waals surface area contributed by atoms with Gasteiger partial charge in [-0.05, 0) is 19.9 Å². The second-order valence-electron chi connectivity index (χ2n) is 6.39. The number of amides is 1. The Labute approximate surface area is 148 Å². The molecule has 2 aromatic heterocycles. The predicted octanol–water partition coefficient (Wildman–Crippen LogP) is 2.20. The highest BCUT2D eigenvalue weighted by Gasteiger charge is 2.27. The number of fused-ring (bicyclic) bond motifs is 2. The lowest BCUT2D eigenvalue weighted by Gasteiger charge is -2.16. The molecule has 3 heterocycles. The summed E-state index contributed by atoms with van der Waals surface area (Å²) in [6.45, 7) is 3.95. The van der Waals surface area contributed by atoms with Gasteiger partial charge in [-0.15, -0.1) is 0 Å². The Morgan fingerprint density at radius 3 is 2.73 bits per heavy atom. The Morgan fingerprint density at radius 2 is 2.04 bits per heavy atom. The second kappa shape index (κ2) is 5.43. The maximum absolute atomic E-state index is 14.3. The lowest BCUT2D eigenvalue weighted by atomic mass is 10.1. The number of primary amides is 1. The minimum Gasteiger partial charge on any atom is -0.507 e. The molecule has 0 aliphatic carbocycles. The van der Waals surface area contributed by atoms with Gasteiger partial charge in [0.2, 0.25) is 0 Å². The van der Waals surface area contributed by atoms with Crippen LogP contribution in [0.3, 0.4) is 0 Å². The van der Waals surface area contributed by atoms with Crippen LogP contribution in [0, 0.1) is 19.7 Å². The van der Waals surface area contributed by atoms with Crippen molar-refractivity contribution >= 4 is 22.8 Å². The summed E-state index contributed by atoms with van der Waals surface area (Å²) < 4.78 is 21.1. The molecule has 0 fully saturated rings. The molecule has 0 saturated carbocycles. The molecule has 0 unspecified atom stereocenters. The molecule has 1 aromatic carbocycles. The number of benzene rings is 1. The summed E-state index contributed by atoms with van der Waals surface area (Å²) in [5, 5.41) is 10.5. The summed E-state index contributed by atoms with van der Waals surface area (Å²) in [5.74, 6) is -1.45. The van der Waals surface area contributed by atoms with Gasteiger partial charge in [0.15, 0.2) is 0 Å². The number of aromatic hydroxyl groups is 1. The van der Waals surface area contributed by atoms with Gasteiger partial charge in [0, 0.05) is 28.1 Å². The van der Waals surface area contributed by atoms with Crippen molar-refractivity contribution < 1.29 is 19.0 Å². The molecule has 0 saturated heterocycles. The second-order valence-corrected chi connectivity index (χ2v) is 6.39. The number of halogens is 1. The predicted molar refractivity (Wildman–Crippen MR) is 93.6 cm³/mol. The van der Waals surface area contributed by atoms with Crippen LogP contribution in [-0.2, 0) is 18.0 Å². The lowest BCUT2D eigenvalue weighted by Crippen LogP contribution is -2.14. The van der Waals surface area contributed by atoms with Crippen LogP contribution in [-0.4, -0.2) is 20.6 Å². The average molecular weight is 356 g/mol. The Balaban J connectivity index is 2.18. The molecule has 0 atom stereocenters. The zero-order valence-corrected chi connectivity index (χ0v) is 14.3. The fraction of sp³-hybridized carbons (Fsp3) is 0.222.